The minimum absolute atomic E-state index is 0.117. The van der Waals surface area contributed by atoms with Crippen molar-refractivity contribution in [3.8, 4) is 0 Å². The maximum absolute atomic E-state index is 11.8. The van der Waals surface area contributed by atoms with Crippen LogP contribution in [0, 0.1) is 0 Å². The second-order valence-corrected chi connectivity index (χ2v) is 5.47. The van der Waals surface area contributed by atoms with Crippen molar-refractivity contribution in [2.75, 3.05) is 7.11 Å². The maximum Gasteiger partial charge on any atom is 0.163 e. The number of ketones is 1. The Labute approximate surface area is 116 Å². The summed E-state index contributed by atoms with van der Waals surface area (Å²) in [4.78, 5) is 11.8. The van der Waals surface area contributed by atoms with E-state index in [1.54, 1.807) is 14.0 Å². The molecular formula is C15H26N2O2. The normalized spacial score (nSPS) is 11.9. The van der Waals surface area contributed by atoms with E-state index in [1.807, 2.05) is 11.6 Å². The van der Waals surface area contributed by atoms with Crippen LogP contribution in [0.15, 0.2) is 0 Å². The number of carbonyl (C=O) groups is 1. The van der Waals surface area contributed by atoms with Crippen LogP contribution in [0.4, 0.5) is 0 Å². The summed E-state index contributed by atoms with van der Waals surface area (Å²) in [6.07, 6.45) is 2.50. The van der Waals surface area contributed by atoms with Gasteiger partial charge in [0, 0.05) is 19.3 Å². The molecule has 0 fully saturated rings. The molecule has 1 aromatic heterocycles. The standard InChI is InChI=1S/C15H26N2O2/c1-7-12-14(11(3)18)13(8-2)17(16-12)10-9-15(4,5)19-6/h7-10H2,1-6H3. The lowest BCUT2D eigenvalue weighted by Crippen LogP contribution is -2.25. The molecule has 0 bridgehead atoms. The highest BCUT2D eigenvalue weighted by Crippen LogP contribution is 2.20. The van der Waals surface area contributed by atoms with E-state index in [1.165, 1.54) is 0 Å². The number of aryl methyl sites for hydroxylation is 2. The van der Waals surface area contributed by atoms with E-state index in [9.17, 15) is 4.79 Å². The molecule has 108 valence electrons. The van der Waals surface area contributed by atoms with Gasteiger partial charge >= 0.3 is 0 Å². The highest BCUT2D eigenvalue weighted by molar-refractivity contribution is 5.96. The lowest BCUT2D eigenvalue weighted by Gasteiger charge is -2.23. The number of nitrogens with zero attached hydrogens (tertiary/aromatic N) is 2. The monoisotopic (exact) mass is 266 g/mol. The zero-order valence-corrected chi connectivity index (χ0v) is 13.0. The van der Waals surface area contributed by atoms with Crippen molar-refractivity contribution in [3.05, 3.63) is 17.0 Å². The largest absolute Gasteiger partial charge is 0.379 e. The highest BCUT2D eigenvalue weighted by atomic mass is 16.5. The van der Waals surface area contributed by atoms with Gasteiger partial charge in [0.25, 0.3) is 0 Å². The molecule has 0 N–H and O–H groups in total. The minimum atomic E-state index is -0.167. The summed E-state index contributed by atoms with van der Waals surface area (Å²) < 4.78 is 7.42. The van der Waals surface area contributed by atoms with Crippen molar-refractivity contribution >= 4 is 5.78 Å². The Kier molecular flexibility index (Phi) is 5.29. The average molecular weight is 266 g/mol. The van der Waals surface area contributed by atoms with Gasteiger partial charge in [-0.3, -0.25) is 9.48 Å². The van der Waals surface area contributed by atoms with Crippen molar-refractivity contribution in [2.24, 2.45) is 0 Å². The van der Waals surface area contributed by atoms with Gasteiger partial charge in [-0.2, -0.15) is 5.10 Å². The molecule has 0 atom stereocenters. The summed E-state index contributed by atoms with van der Waals surface area (Å²) >= 11 is 0. The van der Waals surface area contributed by atoms with Crippen LogP contribution in [-0.2, 0) is 24.1 Å². The van der Waals surface area contributed by atoms with E-state index in [0.29, 0.717) is 0 Å². The van der Waals surface area contributed by atoms with E-state index in [-0.39, 0.29) is 11.4 Å². The quantitative estimate of drug-likeness (QED) is 0.713. The summed E-state index contributed by atoms with van der Waals surface area (Å²) in [5, 5.41) is 4.60. The Bertz CT molecular complexity index is 447. The van der Waals surface area contributed by atoms with Gasteiger partial charge in [-0.1, -0.05) is 13.8 Å². The molecule has 0 amide bonds. The number of carbonyl (C=O) groups excluding carboxylic acids is 1. The number of hydrogen-bond donors (Lipinski definition) is 0. The molecular weight excluding hydrogens is 240 g/mol. The number of hydrogen-bond acceptors (Lipinski definition) is 3. The topological polar surface area (TPSA) is 44.1 Å². The number of methoxy groups -OCH3 is 1. The lowest BCUT2D eigenvalue weighted by atomic mass is 10.0. The molecule has 0 saturated carbocycles. The molecule has 4 nitrogen and oxygen atoms in total. The first-order valence-electron chi connectivity index (χ1n) is 7.00. The third kappa shape index (κ3) is 3.66. The van der Waals surface area contributed by atoms with Gasteiger partial charge in [-0.05, 0) is 40.0 Å². The summed E-state index contributed by atoms with van der Waals surface area (Å²) in [6, 6.07) is 0. The van der Waals surface area contributed by atoms with Crippen LogP contribution in [0.2, 0.25) is 0 Å². The summed E-state index contributed by atoms with van der Waals surface area (Å²) in [7, 11) is 1.72. The zero-order chi connectivity index (χ0) is 14.6. The number of ether oxygens (including phenoxy) is 1. The Hall–Kier alpha value is -1.16. The van der Waals surface area contributed by atoms with Gasteiger partial charge in [-0.25, -0.2) is 0 Å². The third-order valence-corrected chi connectivity index (χ3v) is 3.63. The molecule has 19 heavy (non-hydrogen) atoms. The van der Waals surface area contributed by atoms with Crippen LogP contribution >= 0.6 is 0 Å². The fourth-order valence-electron chi connectivity index (χ4n) is 2.23. The molecule has 0 aliphatic heterocycles. The van der Waals surface area contributed by atoms with Crippen molar-refractivity contribution in [1.29, 1.82) is 0 Å². The van der Waals surface area contributed by atoms with Crippen LogP contribution in [-0.4, -0.2) is 28.3 Å². The maximum atomic E-state index is 11.8. The van der Waals surface area contributed by atoms with E-state index in [2.05, 4.69) is 25.9 Å². The molecule has 0 unspecified atom stereocenters. The van der Waals surface area contributed by atoms with Crippen LogP contribution in [0.25, 0.3) is 0 Å². The molecule has 1 heterocycles. The number of Topliss-reactive ketones (excluding diaryl/α,β-unsaturated/α-hetero) is 1. The zero-order valence-electron chi connectivity index (χ0n) is 13.0. The molecule has 0 radical (unpaired) electrons. The van der Waals surface area contributed by atoms with Crippen LogP contribution in [0.1, 0.15) is 62.8 Å². The first-order chi connectivity index (χ1) is 8.86. The predicted molar refractivity (Wildman–Crippen MR) is 76.7 cm³/mol. The van der Waals surface area contributed by atoms with Crippen molar-refractivity contribution in [3.63, 3.8) is 0 Å². The van der Waals surface area contributed by atoms with Crippen LogP contribution in [0.3, 0.4) is 0 Å². The molecule has 0 aromatic carbocycles. The smallest absolute Gasteiger partial charge is 0.163 e. The number of aromatic nitrogens is 2. The molecule has 0 spiro atoms. The van der Waals surface area contributed by atoms with Gasteiger partial charge in [-0.15, -0.1) is 0 Å². The van der Waals surface area contributed by atoms with E-state index < -0.39 is 0 Å². The molecule has 0 aliphatic rings. The van der Waals surface area contributed by atoms with Crippen molar-refractivity contribution < 1.29 is 9.53 Å². The summed E-state index contributed by atoms with van der Waals surface area (Å²) in [5.41, 5.74) is 2.62. The van der Waals surface area contributed by atoms with Gasteiger partial charge in [0.2, 0.25) is 0 Å². The van der Waals surface area contributed by atoms with Gasteiger partial charge < -0.3 is 4.74 Å². The Morgan fingerprint density at radius 3 is 2.37 bits per heavy atom. The van der Waals surface area contributed by atoms with Gasteiger partial charge in [0.05, 0.1) is 16.9 Å². The van der Waals surface area contributed by atoms with E-state index in [4.69, 9.17) is 4.74 Å². The molecule has 1 aromatic rings. The number of rotatable bonds is 7. The lowest BCUT2D eigenvalue weighted by molar-refractivity contribution is 0.0111. The fraction of sp³-hybridized carbons (Fsp3) is 0.733. The summed E-state index contributed by atoms with van der Waals surface area (Å²) in [6.45, 7) is 10.6. The minimum Gasteiger partial charge on any atom is -0.379 e. The average Bonchev–Trinajstić information content (AvgIpc) is 2.74. The van der Waals surface area contributed by atoms with Gasteiger partial charge in [0.15, 0.2) is 5.78 Å². The molecule has 1 rings (SSSR count). The fourth-order valence-corrected chi connectivity index (χ4v) is 2.23. The van der Waals surface area contributed by atoms with Crippen LogP contribution in [0.5, 0.6) is 0 Å². The van der Waals surface area contributed by atoms with E-state index in [0.717, 1.165) is 42.8 Å². The Balaban J connectivity index is 3.05. The van der Waals surface area contributed by atoms with Gasteiger partial charge in [0.1, 0.15) is 0 Å². The second kappa shape index (κ2) is 6.33. The Morgan fingerprint density at radius 1 is 1.32 bits per heavy atom. The van der Waals surface area contributed by atoms with Crippen LogP contribution < -0.4 is 0 Å². The first kappa shape index (κ1) is 15.9. The van der Waals surface area contributed by atoms with E-state index >= 15 is 0 Å². The van der Waals surface area contributed by atoms with Crippen molar-refractivity contribution in [1.82, 2.24) is 9.78 Å². The summed E-state index contributed by atoms with van der Waals surface area (Å²) in [5.74, 6) is 0.117. The predicted octanol–water partition coefficient (Wildman–Crippen LogP) is 3.03. The highest BCUT2D eigenvalue weighted by Gasteiger charge is 2.21. The second-order valence-electron chi connectivity index (χ2n) is 5.47. The molecule has 0 aliphatic carbocycles. The Morgan fingerprint density at radius 2 is 1.95 bits per heavy atom. The first-order valence-corrected chi connectivity index (χ1v) is 7.00. The molecule has 0 saturated heterocycles. The molecule has 4 heteroatoms. The third-order valence-electron chi connectivity index (χ3n) is 3.63. The van der Waals surface area contributed by atoms with Crippen molar-refractivity contribution in [2.45, 2.75) is 66.0 Å². The SMILES string of the molecule is CCc1nn(CCC(C)(C)OC)c(CC)c1C(C)=O.